The number of aromatic nitrogens is 4. The number of carbonyl (C=O) groups excluding carboxylic acids is 3. The number of amides is 3. The van der Waals surface area contributed by atoms with Crippen LogP contribution in [0.3, 0.4) is 0 Å². The largest absolute Gasteiger partial charge is 0.492 e. The van der Waals surface area contributed by atoms with Crippen LogP contribution >= 0.6 is 11.6 Å². The second-order valence-electron chi connectivity index (χ2n) is 13.8. The molecule has 3 aromatic heterocycles. The molecule has 4 N–H and O–H groups in total. The van der Waals surface area contributed by atoms with Crippen LogP contribution in [-0.4, -0.2) is 100 Å². The predicted octanol–water partition coefficient (Wildman–Crippen LogP) is 4.00. The van der Waals surface area contributed by atoms with E-state index in [9.17, 15) is 14.4 Å². The van der Waals surface area contributed by atoms with E-state index in [1.54, 1.807) is 6.07 Å². The molecule has 0 spiro atoms. The van der Waals surface area contributed by atoms with Crippen LogP contribution in [0.1, 0.15) is 45.9 Å². The fraction of sp³-hybridized carbons (Fsp3) is 0.333. The summed E-state index contributed by atoms with van der Waals surface area (Å²) in [5.41, 5.74) is 13.3. The second-order valence-corrected chi connectivity index (χ2v) is 14.2. The Morgan fingerprint density at radius 3 is 2.59 bits per heavy atom. The number of hydrogen-bond acceptors (Lipinski definition) is 11. The molecule has 8 rings (SSSR count). The van der Waals surface area contributed by atoms with Gasteiger partial charge in [-0.25, -0.2) is 9.50 Å². The number of fused-ring (bicyclic) bond motifs is 2. The van der Waals surface area contributed by atoms with Crippen molar-refractivity contribution in [3.63, 3.8) is 0 Å². The molecule has 1 unspecified atom stereocenters. The van der Waals surface area contributed by atoms with Crippen LogP contribution in [0.25, 0.3) is 16.9 Å². The normalized spacial score (nSPS) is 17.8. The number of ether oxygens (including phenoxy) is 1. The van der Waals surface area contributed by atoms with Crippen molar-refractivity contribution >= 4 is 52.2 Å². The van der Waals surface area contributed by atoms with Crippen molar-refractivity contribution in [2.75, 3.05) is 63.1 Å². The van der Waals surface area contributed by atoms with Gasteiger partial charge in [0.15, 0.2) is 11.5 Å². The highest BCUT2D eigenvalue weighted by molar-refractivity contribution is 6.31. The Morgan fingerprint density at radius 1 is 1.00 bits per heavy atom. The van der Waals surface area contributed by atoms with Crippen molar-refractivity contribution in [2.45, 2.75) is 31.7 Å². The van der Waals surface area contributed by atoms with Crippen molar-refractivity contribution in [1.82, 2.24) is 34.7 Å². The lowest BCUT2D eigenvalue weighted by atomic mass is 9.90. The third kappa shape index (κ3) is 7.07. The zero-order valence-electron chi connectivity index (χ0n) is 29.9. The smallest absolute Gasteiger partial charge is 0.269 e. The van der Waals surface area contributed by atoms with Crippen LogP contribution in [-0.2, 0) is 22.6 Å². The van der Waals surface area contributed by atoms with E-state index >= 15 is 0 Å². The second kappa shape index (κ2) is 15.0. The fourth-order valence-corrected chi connectivity index (χ4v) is 7.87. The molecule has 3 amide bonds. The van der Waals surface area contributed by atoms with E-state index in [4.69, 9.17) is 32.2 Å². The summed E-state index contributed by atoms with van der Waals surface area (Å²) < 4.78 is 7.57. The Kier molecular flexibility index (Phi) is 9.88. The number of halogens is 1. The molecule has 278 valence electrons. The Balaban J connectivity index is 0.856. The minimum absolute atomic E-state index is 0.229. The van der Waals surface area contributed by atoms with Gasteiger partial charge in [-0.2, -0.15) is 0 Å². The molecule has 2 aromatic carbocycles. The molecule has 0 bridgehead atoms. The summed E-state index contributed by atoms with van der Waals surface area (Å²) in [6, 6.07) is 17.9. The Bertz CT molecular complexity index is 2230. The first kappa shape index (κ1) is 35.5. The van der Waals surface area contributed by atoms with Gasteiger partial charge in [0.1, 0.15) is 18.1 Å². The predicted molar refractivity (Wildman–Crippen MR) is 205 cm³/mol. The zero-order chi connectivity index (χ0) is 37.3. The minimum Gasteiger partial charge on any atom is -0.492 e. The average Bonchev–Trinajstić information content (AvgIpc) is 3.82. The van der Waals surface area contributed by atoms with Crippen LogP contribution in [0.4, 0.5) is 17.2 Å². The maximum atomic E-state index is 12.4. The fourth-order valence-electron chi connectivity index (χ4n) is 7.62. The minimum atomic E-state index is -0.586. The van der Waals surface area contributed by atoms with Crippen LogP contribution < -0.4 is 26.0 Å². The monoisotopic (exact) mass is 748 g/mol. The van der Waals surface area contributed by atoms with Gasteiger partial charge in [0, 0.05) is 87.8 Å². The summed E-state index contributed by atoms with van der Waals surface area (Å²) in [5, 5.41) is 10.8. The molecule has 0 saturated carbocycles. The van der Waals surface area contributed by atoms with E-state index in [0.717, 1.165) is 74.9 Å². The van der Waals surface area contributed by atoms with Crippen molar-refractivity contribution in [3.05, 3.63) is 94.4 Å². The number of imidazole rings is 1. The summed E-state index contributed by atoms with van der Waals surface area (Å²) in [5.74, 6) is -0.238. The molecule has 2 saturated heterocycles. The van der Waals surface area contributed by atoms with Gasteiger partial charge in [-0.15, -0.1) is 5.10 Å². The zero-order valence-corrected chi connectivity index (χ0v) is 30.7. The van der Waals surface area contributed by atoms with Gasteiger partial charge in [0.05, 0.1) is 23.5 Å². The number of rotatable bonds is 11. The molecule has 6 heterocycles. The van der Waals surface area contributed by atoms with Gasteiger partial charge >= 0.3 is 0 Å². The molecule has 3 aliphatic rings. The van der Waals surface area contributed by atoms with E-state index in [1.807, 2.05) is 37.5 Å². The molecule has 2 fully saturated rings. The molecule has 5 aromatic rings. The number of nitrogens with zero attached hydrogens (tertiary/aromatic N) is 7. The molecule has 54 heavy (non-hydrogen) atoms. The van der Waals surface area contributed by atoms with E-state index in [1.165, 1.54) is 21.8 Å². The van der Waals surface area contributed by atoms with Gasteiger partial charge < -0.3 is 20.7 Å². The van der Waals surface area contributed by atoms with Crippen LogP contribution in [0.5, 0.6) is 5.75 Å². The summed E-state index contributed by atoms with van der Waals surface area (Å²) >= 11 is 6.41. The number of hydrogen-bond donors (Lipinski definition) is 3. The number of benzene rings is 2. The number of piperazine rings is 1. The van der Waals surface area contributed by atoms with Gasteiger partial charge in [-0.1, -0.05) is 29.8 Å². The average molecular weight is 749 g/mol. The number of primary amides is 1. The van der Waals surface area contributed by atoms with Gasteiger partial charge in [-0.05, 0) is 59.9 Å². The molecule has 0 radical (unpaired) electrons. The summed E-state index contributed by atoms with van der Waals surface area (Å²) in [6.07, 6.45) is 5.00. The molecule has 14 nitrogen and oxygen atoms in total. The number of pyridine rings is 1. The Hall–Kier alpha value is -5.57. The SMILES string of the molecule is CNc1cc(N2CCc3c(-c4ccc(CN5CCN(CCOc6ccc(Cl)c(C7CCC(=O)NC7=O)c6)CC5)cn4)cccc32)nn2c(C(N)=O)cnc12. The Labute approximate surface area is 317 Å². The number of imide groups is 1. The standard InChI is InChI=1S/C39H41ClN10O4/c1-42-32-20-35(46-50-34(37(41)52)22-44-38(32)50)49-12-11-27-26(3-2-4-33(27)49)31-9-5-24(21-43-31)23-48-15-13-47(14-16-48)17-18-54-25-6-8-30(40)29(19-25)28-7-10-36(51)45-39(28)53/h2-6,8-9,19-22,28,42H,7,10-18,23H2,1H3,(H2,41,52)(H,45,51,53). The topological polar surface area (TPSA) is 163 Å². The first-order chi connectivity index (χ1) is 26.2. The van der Waals surface area contributed by atoms with Crippen LogP contribution in [0.2, 0.25) is 5.02 Å². The first-order valence-corrected chi connectivity index (χ1v) is 18.5. The Morgan fingerprint density at radius 2 is 1.83 bits per heavy atom. The van der Waals surface area contributed by atoms with Crippen molar-refractivity contribution in [2.24, 2.45) is 5.73 Å². The first-order valence-electron chi connectivity index (χ1n) is 18.2. The van der Waals surface area contributed by atoms with E-state index in [0.29, 0.717) is 47.2 Å². The quantitative estimate of drug-likeness (QED) is 0.168. The lowest BCUT2D eigenvalue weighted by molar-refractivity contribution is -0.134. The van der Waals surface area contributed by atoms with E-state index in [-0.39, 0.29) is 17.5 Å². The molecule has 3 aliphatic heterocycles. The summed E-state index contributed by atoms with van der Waals surface area (Å²) in [4.78, 5) is 52.3. The highest BCUT2D eigenvalue weighted by atomic mass is 35.5. The number of piperidine rings is 1. The highest BCUT2D eigenvalue weighted by Crippen LogP contribution is 2.40. The van der Waals surface area contributed by atoms with E-state index < -0.39 is 11.8 Å². The molecular weight excluding hydrogens is 708 g/mol. The molecule has 1 atom stereocenters. The van der Waals surface area contributed by atoms with Crippen molar-refractivity contribution in [1.29, 1.82) is 0 Å². The summed E-state index contributed by atoms with van der Waals surface area (Å²) in [7, 11) is 1.81. The summed E-state index contributed by atoms with van der Waals surface area (Å²) in [6.45, 7) is 6.63. The third-order valence-corrected chi connectivity index (χ3v) is 10.9. The van der Waals surface area contributed by atoms with Crippen molar-refractivity contribution < 1.29 is 19.1 Å². The lowest BCUT2D eigenvalue weighted by Gasteiger charge is -2.34. The maximum absolute atomic E-state index is 12.4. The van der Waals surface area contributed by atoms with Gasteiger partial charge in [0.25, 0.3) is 5.91 Å². The number of carbonyl (C=O) groups is 3. The van der Waals surface area contributed by atoms with Crippen LogP contribution in [0, 0.1) is 0 Å². The molecule has 15 heteroatoms. The van der Waals surface area contributed by atoms with Crippen molar-refractivity contribution in [3.8, 4) is 17.0 Å². The number of nitrogens with one attached hydrogen (secondary N) is 2. The highest BCUT2D eigenvalue weighted by Gasteiger charge is 2.30. The van der Waals surface area contributed by atoms with Crippen LogP contribution in [0.15, 0.2) is 67.0 Å². The molecule has 0 aliphatic carbocycles. The van der Waals surface area contributed by atoms with E-state index in [2.05, 4.69) is 54.6 Å². The number of anilines is 3. The maximum Gasteiger partial charge on any atom is 0.269 e. The lowest BCUT2D eigenvalue weighted by Crippen LogP contribution is -2.47. The molecular formula is C39H41ClN10O4. The van der Waals surface area contributed by atoms with Gasteiger partial charge in [-0.3, -0.25) is 34.5 Å². The number of nitrogens with two attached hydrogens (primary N) is 1. The third-order valence-electron chi connectivity index (χ3n) is 10.5. The van der Waals surface area contributed by atoms with Gasteiger partial charge in [0.2, 0.25) is 11.8 Å².